The van der Waals surface area contributed by atoms with Crippen molar-refractivity contribution >= 4 is 52.8 Å². The number of ether oxygens (including phenoxy) is 5. The van der Waals surface area contributed by atoms with Gasteiger partial charge in [-0.2, -0.15) is 0 Å². The molecule has 0 spiro atoms. The predicted octanol–water partition coefficient (Wildman–Crippen LogP) is 11.3. The number of nitrogens with two attached hydrogens (primary N) is 1. The largest absolute Gasteiger partial charge is 0.481 e. The van der Waals surface area contributed by atoms with Crippen molar-refractivity contribution in [2.24, 2.45) is 5.73 Å². The number of carbonyl (C=O) groups is 3. The molecule has 0 unspecified atom stereocenters. The first-order chi connectivity index (χ1) is 52.8. The highest BCUT2D eigenvalue weighted by Gasteiger charge is 2.33. The number of rotatable bonds is 35. The van der Waals surface area contributed by atoms with Gasteiger partial charge in [-0.1, -0.05) is 56.3 Å². The average Bonchev–Trinajstić information content (AvgIpc) is 1.72. The molecule has 7 aromatic heterocycles. The summed E-state index contributed by atoms with van der Waals surface area (Å²) < 4.78 is 26.0. The minimum absolute atomic E-state index is 0.00599. The number of hydrogen-bond acceptors (Lipinski definition) is 23. The summed E-state index contributed by atoms with van der Waals surface area (Å²) in [5, 5.41) is 39.8. The molecule has 4 aliphatic rings. The standard InChI is InChI=1S/C27H41N5O3.C23H29N5O3S.C22H31N5O3.C9H14N2O/c1-6-23(21-12-14-24(34-5)30-19-21)28-16-18-32(26(33)35-27(2,3)4)17-8-10-22-13-11-20-9-7-15-29-25(20)31-22;1-31-20-9-7-17(15-25-20)19(14-21(29)30)28-13-12-27(23(28)32)11-3-5-18-8-6-16-4-2-10-24-22(16)26-18;1-30-20-9-7-17(15-26-20)19(14-21(28)29)24-13-12-23-10-3-5-18-8-6-16-4-2-11-25-22(16)27-18;1-3-8(10)7-4-5-9(12-2)11-6-7/h11-14,19,23,28H,6-10,15-18H2,1-5H3,(H,29,31);6-9,15,19H,2-5,10-14H2,1H3,(H,24,26)(H,29,30);6-9,15,19,23-24H,2-5,10-14H2,1H3,(H,25,27)(H,28,29);4-6,8H,3,10H2,1-2H3/t23-;2*19-;8-/m0000/s1. The van der Waals surface area contributed by atoms with Crippen molar-refractivity contribution < 1.29 is 48.3 Å². The van der Waals surface area contributed by atoms with Gasteiger partial charge in [0.2, 0.25) is 23.5 Å². The third-order valence-electron chi connectivity index (χ3n) is 19.1. The second-order valence-corrected chi connectivity index (χ2v) is 28.6. The number of aryl methyl sites for hydroxylation is 6. The second-order valence-electron chi connectivity index (χ2n) is 28.2. The second kappa shape index (κ2) is 44.8. The zero-order chi connectivity index (χ0) is 77.9. The van der Waals surface area contributed by atoms with Crippen molar-refractivity contribution in [1.29, 1.82) is 0 Å². The first-order valence-electron chi connectivity index (χ1n) is 38.3. The summed E-state index contributed by atoms with van der Waals surface area (Å²) in [6.07, 6.45) is 20.6. The van der Waals surface area contributed by atoms with Gasteiger partial charge in [-0.25, -0.2) is 39.7 Å². The van der Waals surface area contributed by atoms with Gasteiger partial charge in [-0.15, -0.1) is 0 Å². The van der Waals surface area contributed by atoms with E-state index in [1.165, 1.54) is 23.1 Å². The Hall–Kier alpha value is -9.61. The van der Waals surface area contributed by atoms with Crippen LogP contribution < -0.4 is 56.6 Å². The lowest BCUT2D eigenvalue weighted by atomic mass is 10.0. The Morgan fingerprint density at radius 2 is 1.01 bits per heavy atom. The van der Waals surface area contributed by atoms with E-state index in [2.05, 4.69) is 107 Å². The number of fused-ring (bicyclic) bond motifs is 3. The number of aliphatic carboxylic acids is 2. The Balaban J connectivity index is 0.000000191. The molecule has 7 aromatic rings. The molecule has 0 radical (unpaired) electrons. The minimum atomic E-state index is -0.862. The van der Waals surface area contributed by atoms with E-state index >= 15 is 0 Å². The predicted molar refractivity (Wildman–Crippen MR) is 429 cm³/mol. The normalized spacial score (nSPS) is 14.5. The van der Waals surface area contributed by atoms with Crippen molar-refractivity contribution in [2.45, 2.75) is 167 Å². The number of pyridine rings is 7. The number of nitrogens with zero attached hydrogens (tertiary/aromatic N) is 10. The number of carbonyl (C=O) groups excluding carboxylic acids is 1. The zero-order valence-corrected chi connectivity index (χ0v) is 65.9. The van der Waals surface area contributed by atoms with E-state index in [1.54, 1.807) is 64.1 Å². The Bertz CT molecular complexity index is 3920. The van der Waals surface area contributed by atoms with E-state index < -0.39 is 17.5 Å². The van der Waals surface area contributed by atoms with Gasteiger partial charge in [0.25, 0.3) is 0 Å². The summed E-state index contributed by atoms with van der Waals surface area (Å²) in [4.78, 5) is 72.7. The number of hydrogen-bond donors (Lipinski definition) is 9. The molecule has 4 atom stereocenters. The first-order valence-corrected chi connectivity index (χ1v) is 38.8. The average molecular weight is 1520 g/mol. The van der Waals surface area contributed by atoms with Crippen molar-refractivity contribution in [3.05, 3.63) is 166 Å². The van der Waals surface area contributed by atoms with Crippen LogP contribution in [0.25, 0.3) is 0 Å². The summed E-state index contributed by atoms with van der Waals surface area (Å²) in [6.45, 7) is 19.3. The number of methoxy groups -OCH3 is 4. The van der Waals surface area contributed by atoms with E-state index in [4.69, 9.17) is 56.6 Å². The summed E-state index contributed by atoms with van der Waals surface area (Å²) in [5.74, 6) is 3.63. The molecule has 1 amide bonds. The Labute approximate surface area is 648 Å². The van der Waals surface area contributed by atoms with Crippen LogP contribution >= 0.6 is 12.2 Å². The van der Waals surface area contributed by atoms with E-state index in [9.17, 15) is 24.6 Å². The van der Waals surface area contributed by atoms with Crippen molar-refractivity contribution in [2.75, 3.05) is 123 Å². The lowest BCUT2D eigenvalue weighted by Crippen LogP contribution is -2.41. The van der Waals surface area contributed by atoms with Gasteiger partial charge in [-0.3, -0.25) is 9.59 Å². The monoisotopic (exact) mass is 1520 g/mol. The van der Waals surface area contributed by atoms with E-state index in [-0.39, 0.29) is 43.1 Å². The molecule has 0 bridgehead atoms. The molecule has 11 rings (SSSR count). The van der Waals surface area contributed by atoms with Crippen LogP contribution in [-0.4, -0.2) is 196 Å². The first kappa shape index (κ1) is 85.0. The van der Waals surface area contributed by atoms with Gasteiger partial charge >= 0.3 is 18.0 Å². The molecule has 1 fully saturated rings. The Morgan fingerprint density at radius 3 is 1.46 bits per heavy atom. The third kappa shape index (κ3) is 28.1. The molecule has 27 nitrogen and oxygen atoms in total. The minimum Gasteiger partial charge on any atom is -0.481 e. The van der Waals surface area contributed by atoms with E-state index in [0.717, 1.165) is 186 Å². The van der Waals surface area contributed by atoms with Crippen molar-refractivity contribution in [1.82, 2.24) is 65.5 Å². The lowest BCUT2D eigenvalue weighted by molar-refractivity contribution is -0.139. The van der Waals surface area contributed by atoms with Crippen LogP contribution in [-0.2, 0) is 52.9 Å². The molecule has 1 saturated heterocycles. The molecule has 28 heteroatoms. The number of amides is 1. The molecule has 590 valence electrons. The highest BCUT2D eigenvalue weighted by molar-refractivity contribution is 7.80. The van der Waals surface area contributed by atoms with Gasteiger partial charge in [0.1, 0.15) is 23.1 Å². The number of anilines is 3. The molecule has 0 aliphatic carbocycles. The van der Waals surface area contributed by atoms with Crippen LogP contribution in [0.5, 0.6) is 23.5 Å². The van der Waals surface area contributed by atoms with Crippen LogP contribution in [0.3, 0.4) is 0 Å². The quantitative estimate of drug-likeness (QED) is 0.0132. The van der Waals surface area contributed by atoms with Gasteiger partial charge in [0.05, 0.1) is 47.3 Å². The fraction of sp³-hybridized carbons (Fsp3) is 0.519. The maximum absolute atomic E-state index is 12.9. The molecular formula is C81H115N17O10S. The molecule has 4 aliphatic heterocycles. The number of carboxylic acid groups (broad SMARTS) is 2. The topological polar surface area (TPSA) is 336 Å². The van der Waals surface area contributed by atoms with Crippen LogP contribution in [0.15, 0.2) is 110 Å². The third-order valence-corrected chi connectivity index (χ3v) is 19.6. The fourth-order valence-electron chi connectivity index (χ4n) is 13.0. The van der Waals surface area contributed by atoms with Gasteiger partial charge in [-0.05, 0) is 187 Å². The lowest BCUT2D eigenvalue weighted by Gasteiger charge is -2.29. The molecule has 10 N–H and O–H groups in total. The maximum atomic E-state index is 12.9. The number of aromatic nitrogens is 7. The van der Waals surface area contributed by atoms with Crippen molar-refractivity contribution in [3.8, 4) is 23.5 Å². The Kier molecular flexibility index (Phi) is 34.9. The molecule has 11 heterocycles. The van der Waals surface area contributed by atoms with E-state index in [0.29, 0.717) is 61.4 Å². The van der Waals surface area contributed by atoms with Crippen LogP contribution in [0.4, 0.5) is 22.2 Å². The summed E-state index contributed by atoms with van der Waals surface area (Å²) in [7, 11) is 6.32. The van der Waals surface area contributed by atoms with E-state index in [1.807, 2.05) is 68.3 Å². The molecule has 109 heavy (non-hydrogen) atoms. The zero-order valence-electron chi connectivity index (χ0n) is 65.1. The molecule has 0 aromatic carbocycles. The Morgan fingerprint density at radius 1 is 0.550 bits per heavy atom. The van der Waals surface area contributed by atoms with Gasteiger partial charge < -0.3 is 86.2 Å². The van der Waals surface area contributed by atoms with Crippen LogP contribution in [0.2, 0.25) is 0 Å². The van der Waals surface area contributed by atoms with Crippen molar-refractivity contribution in [3.63, 3.8) is 0 Å². The molecule has 0 saturated carbocycles. The fourth-order valence-corrected chi connectivity index (χ4v) is 13.4. The summed E-state index contributed by atoms with van der Waals surface area (Å²) in [6, 6.07) is 27.4. The number of nitrogens with one attached hydrogen (secondary N) is 6. The SMILES string of the molecule is CC[C@H](N)c1ccc(OC)nc1.CC[C@H](NCCN(CCCc1ccc2c(n1)NCCC2)C(=O)OC(C)(C)C)c1ccc(OC)nc1.COc1ccc([C@H](CC(=O)O)N2CCN(CCCc3ccc4c(n3)NCCC4)C2=S)cn1.COc1ccc([C@H](CC(=O)O)NCCNCCCc2ccc3c(n2)NCCC3)cn1. The molecular weight excluding hydrogens is 1400 g/mol. The van der Waals surface area contributed by atoms with Crippen LogP contribution in [0, 0.1) is 0 Å². The highest BCUT2D eigenvalue weighted by atomic mass is 32.1. The van der Waals surface area contributed by atoms with Crippen LogP contribution in [0.1, 0.15) is 179 Å². The summed E-state index contributed by atoms with van der Waals surface area (Å²) in [5.41, 5.74) is 16.3. The highest BCUT2D eigenvalue weighted by Crippen LogP contribution is 2.31. The van der Waals surface area contributed by atoms with Gasteiger partial charge in [0, 0.05) is 156 Å². The smallest absolute Gasteiger partial charge is 0.410 e. The summed E-state index contributed by atoms with van der Waals surface area (Å²) >= 11 is 5.74. The maximum Gasteiger partial charge on any atom is 0.410 e. The number of carboxylic acids is 2. The number of thiocarbonyl (C=S) groups is 1. The van der Waals surface area contributed by atoms with Gasteiger partial charge in [0.15, 0.2) is 5.11 Å².